The summed E-state index contributed by atoms with van der Waals surface area (Å²) in [6.07, 6.45) is -7.56. The van der Waals surface area contributed by atoms with Gasteiger partial charge in [0.25, 0.3) is 0 Å². The highest BCUT2D eigenvalue weighted by Crippen LogP contribution is 2.31. The second-order valence-corrected chi connectivity index (χ2v) is 8.45. The summed E-state index contributed by atoms with van der Waals surface area (Å²) in [4.78, 5) is 24.8. The predicted molar refractivity (Wildman–Crippen MR) is 129 cm³/mol. The minimum Gasteiger partial charge on any atom is -0.508 e. The summed E-state index contributed by atoms with van der Waals surface area (Å²) in [5, 5.41) is 51.0. The van der Waals surface area contributed by atoms with E-state index in [1.807, 2.05) is 0 Å². The molecule has 4 rings (SSSR count). The molecule has 1 aliphatic heterocycles. The van der Waals surface area contributed by atoms with Gasteiger partial charge in [0, 0.05) is 5.56 Å². The van der Waals surface area contributed by atoms with Crippen LogP contribution in [-0.2, 0) is 20.8 Å². The highest BCUT2D eigenvalue weighted by atomic mass is 16.7. The molecule has 0 spiro atoms. The fourth-order valence-electron chi connectivity index (χ4n) is 3.85. The fourth-order valence-corrected chi connectivity index (χ4v) is 3.85. The van der Waals surface area contributed by atoms with E-state index in [1.54, 1.807) is 30.3 Å². The number of aromatic hydroxyl groups is 2. The van der Waals surface area contributed by atoms with E-state index in [4.69, 9.17) is 18.9 Å². The number of aliphatic hydroxyl groups excluding tert-OH is 3. The largest absolute Gasteiger partial charge is 0.508 e. The van der Waals surface area contributed by atoms with Gasteiger partial charge in [0.05, 0.1) is 12.2 Å². The van der Waals surface area contributed by atoms with Gasteiger partial charge in [0.15, 0.2) is 6.10 Å². The van der Waals surface area contributed by atoms with Crippen LogP contribution in [0.4, 0.5) is 0 Å². The molecule has 38 heavy (non-hydrogen) atoms. The van der Waals surface area contributed by atoms with Crippen molar-refractivity contribution in [1.29, 1.82) is 0 Å². The molecule has 1 heterocycles. The zero-order valence-electron chi connectivity index (χ0n) is 19.9. The van der Waals surface area contributed by atoms with Gasteiger partial charge in [0.1, 0.15) is 47.7 Å². The van der Waals surface area contributed by atoms with E-state index in [9.17, 15) is 35.1 Å². The van der Waals surface area contributed by atoms with E-state index >= 15 is 0 Å². The van der Waals surface area contributed by atoms with E-state index in [1.165, 1.54) is 42.5 Å². The first-order chi connectivity index (χ1) is 18.3. The Hall–Kier alpha value is -4.16. The van der Waals surface area contributed by atoms with Crippen LogP contribution in [0.1, 0.15) is 26.3 Å². The Balaban J connectivity index is 1.47. The number of esters is 2. The van der Waals surface area contributed by atoms with Crippen LogP contribution in [0.15, 0.2) is 72.8 Å². The van der Waals surface area contributed by atoms with Crippen LogP contribution >= 0.6 is 0 Å². The Labute approximate surface area is 217 Å². The Morgan fingerprint density at radius 2 is 1.58 bits per heavy atom. The number of hydrogen-bond acceptors (Lipinski definition) is 11. The van der Waals surface area contributed by atoms with Gasteiger partial charge in [-0.2, -0.15) is 0 Å². The number of carbonyl (C=O) groups excluding carboxylic acids is 2. The van der Waals surface area contributed by atoms with Crippen molar-refractivity contribution in [2.24, 2.45) is 0 Å². The first kappa shape index (κ1) is 26.9. The number of benzene rings is 3. The average molecular weight is 526 g/mol. The van der Waals surface area contributed by atoms with Gasteiger partial charge < -0.3 is 44.5 Å². The summed E-state index contributed by atoms with van der Waals surface area (Å²) in [6.45, 7) is -1.06. The van der Waals surface area contributed by atoms with E-state index in [-0.39, 0.29) is 40.5 Å². The molecule has 0 aromatic heterocycles. The SMILES string of the molecule is O=C(O[C@H]1[C@H](O)[C@@H](O)[C@H](Oc2ccc(O)cc2COC(=O)c2ccccc2O)O[C@@H]1CO)c1ccccc1. The van der Waals surface area contributed by atoms with Crippen molar-refractivity contribution in [3.05, 3.63) is 89.5 Å². The van der Waals surface area contributed by atoms with Gasteiger partial charge >= 0.3 is 11.9 Å². The molecule has 200 valence electrons. The van der Waals surface area contributed by atoms with Crippen LogP contribution in [0.25, 0.3) is 0 Å². The molecule has 0 aliphatic carbocycles. The van der Waals surface area contributed by atoms with Crippen molar-refractivity contribution < 1.29 is 54.1 Å². The normalized spacial score (nSPS) is 22.9. The number of rotatable bonds is 8. The van der Waals surface area contributed by atoms with Crippen LogP contribution in [0, 0.1) is 0 Å². The molecule has 1 aliphatic rings. The van der Waals surface area contributed by atoms with E-state index in [0.29, 0.717) is 0 Å². The van der Waals surface area contributed by atoms with Crippen LogP contribution in [-0.4, -0.2) is 74.8 Å². The molecule has 11 nitrogen and oxygen atoms in total. The number of phenols is 2. The molecular weight excluding hydrogens is 500 g/mol. The van der Waals surface area contributed by atoms with Gasteiger partial charge in [-0.05, 0) is 42.5 Å². The fraction of sp³-hybridized carbons (Fsp3) is 0.259. The lowest BCUT2D eigenvalue weighted by Crippen LogP contribution is -2.61. The smallest absolute Gasteiger partial charge is 0.342 e. The topological polar surface area (TPSA) is 172 Å². The molecule has 1 fully saturated rings. The number of aliphatic hydroxyl groups is 3. The molecule has 0 saturated carbocycles. The van der Waals surface area contributed by atoms with Crippen molar-refractivity contribution in [2.45, 2.75) is 37.3 Å². The molecule has 5 N–H and O–H groups in total. The summed E-state index contributed by atoms with van der Waals surface area (Å²) < 4.78 is 21.9. The third-order valence-corrected chi connectivity index (χ3v) is 5.84. The highest BCUT2D eigenvalue weighted by molar-refractivity contribution is 5.92. The molecule has 5 atom stereocenters. The summed E-state index contributed by atoms with van der Waals surface area (Å²) in [7, 11) is 0. The number of para-hydroxylation sites is 1. The maximum Gasteiger partial charge on any atom is 0.342 e. The third-order valence-electron chi connectivity index (χ3n) is 5.84. The van der Waals surface area contributed by atoms with Gasteiger partial charge in [-0.15, -0.1) is 0 Å². The van der Waals surface area contributed by atoms with Gasteiger partial charge in [-0.25, -0.2) is 9.59 Å². The van der Waals surface area contributed by atoms with Crippen molar-refractivity contribution in [3.63, 3.8) is 0 Å². The molecule has 3 aromatic rings. The minimum absolute atomic E-state index is 0.0283. The monoisotopic (exact) mass is 526 g/mol. The highest BCUT2D eigenvalue weighted by Gasteiger charge is 2.48. The zero-order chi connectivity index (χ0) is 27.2. The quantitative estimate of drug-likeness (QED) is 0.269. The van der Waals surface area contributed by atoms with Crippen molar-refractivity contribution in [2.75, 3.05) is 6.61 Å². The van der Waals surface area contributed by atoms with Crippen LogP contribution in [0.3, 0.4) is 0 Å². The Bertz CT molecular complexity index is 1260. The molecule has 11 heteroatoms. The Kier molecular flexibility index (Phi) is 8.44. The van der Waals surface area contributed by atoms with E-state index < -0.39 is 49.3 Å². The van der Waals surface area contributed by atoms with E-state index in [2.05, 4.69) is 0 Å². The van der Waals surface area contributed by atoms with Gasteiger partial charge in [0.2, 0.25) is 6.29 Å². The standard InChI is InChI=1S/C27H26O11/c28-13-21-24(38-25(33)15-6-2-1-3-7-15)22(31)23(32)27(37-21)36-20-11-10-17(29)12-16(20)14-35-26(34)18-8-4-5-9-19(18)30/h1-12,21-24,27-32H,13-14H2/t21-,22-,23-,24-,27-/m1/s1. The lowest BCUT2D eigenvalue weighted by atomic mass is 9.98. The van der Waals surface area contributed by atoms with Crippen molar-refractivity contribution >= 4 is 11.9 Å². The molecular formula is C27H26O11. The number of ether oxygens (including phenoxy) is 4. The van der Waals surface area contributed by atoms with Crippen LogP contribution < -0.4 is 4.74 Å². The summed E-state index contributed by atoms with van der Waals surface area (Å²) in [5.41, 5.74) is 0.319. The minimum atomic E-state index is -1.71. The maximum atomic E-state index is 12.5. The van der Waals surface area contributed by atoms with Crippen LogP contribution in [0.5, 0.6) is 17.2 Å². The van der Waals surface area contributed by atoms with Gasteiger partial charge in [-0.3, -0.25) is 0 Å². The molecule has 0 radical (unpaired) electrons. The van der Waals surface area contributed by atoms with Crippen molar-refractivity contribution in [1.82, 2.24) is 0 Å². The molecule has 1 saturated heterocycles. The molecule has 0 amide bonds. The number of hydrogen-bond donors (Lipinski definition) is 5. The first-order valence-electron chi connectivity index (χ1n) is 11.6. The maximum absolute atomic E-state index is 12.5. The first-order valence-corrected chi connectivity index (χ1v) is 11.6. The van der Waals surface area contributed by atoms with E-state index in [0.717, 1.165) is 0 Å². The lowest BCUT2D eigenvalue weighted by Gasteiger charge is -2.41. The molecule has 3 aromatic carbocycles. The Morgan fingerprint density at radius 3 is 2.29 bits per heavy atom. The predicted octanol–water partition coefficient (Wildman–Crippen LogP) is 1.50. The zero-order valence-corrected chi connectivity index (χ0v) is 19.9. The second kappa shape index (κ2) is 11.9. The number of phenolic OH excluding ortho intramolecular Hbond substituents is 2. The number of carbonyl (C=O) groups is 2. The summed E-state index contributed by atoms with van der Waals surface area (Å²) in [5.74, 6) is -2.02. The second-order valence-electron chi connectivity index (χ2n) is 8.45. The van der Waals surface area contributed by atoms with Crippen LogP contribution in [0.2, 0.25) is 0 Å². The van der Waals surface area contributed by atoms with Crippen molar-refractivity contribution in [3.8, 4) is 17.2 Å². The average Bonchev–Trinajstić information content (AvgIpc) is 2.93. The molecule has 0 unspecified atom stereocenters. The lowest BCUT2D eigenvalue weighted by molar-refractivity contribution is -0.277. The third kappa shape index (κ3) is 6.03. The summed E-state index contributed by atoms with van der Waals surface area (Å²) in [6, 6.07) is 17.6. The molecule has 0 bridgehead atoms. The van der Waals surface area contributed by atoms with Gasteiger partial charge in [-0.1, -0.05) is 30.3 Å². The Morgan fingerprint density at radius 1 is 0.868 bits per heavy atom. The summed E-state index contributed by atoms with van der Waals surface area (Å²) >= 11 is 0.